The van der Waals surface area contributed by atoms with E-state index in [0.29, 0.717) is 17.6 Å². The Morgan fingerprint density at radius 2 is 1.70 bits per heavy atom. The summed E-state index contributed by atoms with van der Waals surface area (Å²) in [6, 6.07) is 14.4. The Balaban J connectivity index is 1.74. The van der Waals surface area contributed by atoms with Gasteiger partial charge in [-0.1, -0.05) is 6.07 Å². The first-order chi connectivity index (χ1) is 12.9. The van der Waals surface area contributed by atoms with Crippen LogP contribution in [0.5, 0.6) is 11.5 Å². The number of benzene rings is 3. The number of hydrogen-bond acceptors (Lipinski definition) is 4. The zero-order chi connectivity index (χ0) is 19.4. The van der Waals surface area contributed by atoms with E-state index >= 15 is 0 Å². The Morgan fingerprint density at radius 3 is 2.37 bits per heavy atom. The molecule has 0 aromatic heterocycles. The molecule has 0 radical (unpaired) electrons. The third-order valence-electron chi connectivity index (χ3n) is 3.56. The lowest BCUT2D eigenvalue weighted by molar-refractivity contribution is -0.384. The molecule has 1 amide bonds. The van der Waals surface area contributed by atoms with Crippen LogP contribution in [0.4, 0.5) is 20.2 Å². The molecule has 0 heterocycles. The van der Waals surface area contributed by atoms with Crippen LogP contribution >= 0.6 is 0 Å². The molecule has 1 N–H and O–H groups in total. The molecule has 8 heteroatoms. The van der Waals surface area contributed by atoms with Crippen LogP contribution in [0, 0.1) is 21.7 Å². The van der Waals surface area contributed by atoms with Crippen LogP contribution < -0.4 is 10.1 Å². The van der Waals surface area contributed by atoms with Crippen molar-refractivity contribution in [2.24, 2.45) is 0 Å². The fourth-order valence-electron chi connectivity index (χ4n) is 2.26. The average Bonchev–Trinajstić information content (AvgIpc) is 2.64. The van der Waals surface area contributed by atoms with Gasteiger partial charge in [-0.15, -0.1) is 0 Å². The minimum Gasteiger partial charge on any atom is -0.457 e. The molecule has 0 bridgehead atoms. The molecule has 0 aliphatic rings. The number of non-ortho nitro benzene ring substituents is 1. The maximum atomic E-state index is 13.7. The lowest BCUT2D eigenvalue weighted by atomic mass is 10.2. The van der Waals surface area contributed by atoms with Gasteiger partial charge in [-0.3, -0.25) is 14.9 Å². The summed E-state index contributed by atoms with van der Waals surface area (Å²) < 4.78 is 32.2. The van der Waals surface area contributed by atoms with Crippen LogP contribution in [-0.2, 0) is 0 Å². The number of nitro benzene ring substituents is 1. The van der Waals surface area contributed by atoms with Gasteiger partial charge in [0, 0.05) is 23.8 Å². The van der Waals surface area contributed by atoms with Gasteiger partial charge >= 0.3 is 0 Å². The fraction of sp³-hybridized carbons (Fsp3) is 0. The van der Waals surface area contributed by atoms with Crippen molar-refractivity contribution in [1.29, 1.82) is 0 Å². The second-order valence-corrected chi connectivity index (χ2v) is 5.46. The molecule has 0 aliphatic heterocycles. The first kappa shape index (κ1) is 18.0. The summed E-state index contributed by atoms with van der Waals surface area (Å²) in [6.45, 7) is 0. The number of halogens is 2. The summed E-state index contributed by atoms with van der Waals surface area (Å²) in [4.78, 5) is 22.4. The number of ether oxygens (including phenoxy) is 1. The molecular weight excluding hydrogens is 358 g/mol. The zero-order valence-electron chi connectivity index (χ0n) is 13.7. The van der Waals surface area contributed by atoms with Crippen molar-refractivity contribution in [1.82, 2.24) is 0 Å². The minimum atomic E-state index is -0.887. The van der Waals surface area contributed by atoms with Gasteiger partial charge in [0.15, 0.2) is 0 Å². The molecular formula is C19H12F2N2O4. The third-order valence-corrected chi connectivity index (χ3v) is 3.56. The molecule has 136 valence electrons. The highest BCUT2D eigenvalue weighted by Gasteiger charge is 2.12. The molecule has 0 atom stereocenters. The fourth-order valence-corrected chi connectivity index (χ4v) is 2.26. The van der Waals surface area contributed by atoms with Crippen LogP contribution in [0.2, 0.25) is 0 Å². The highest BCUT2D eigenvalue weighted by Crippen LogP contribution is 2.25. The second kappa shape index (κ2) is 7.61. The van der Waals surface area contributed by atoms with E-state index in [0.717, 1.165) is 12.1 Å². The first-order valence-electron chi connectivity index (χ1n) is 7.71. The summed E-state index contributed by atoms with van der Waals surface area (Å²) in [6.07, 6.45) is 0. The number of nitrogens with zero attached hydrogens (tertiary/aromatic N) is 1. The lowest BCUT2D eigenvalue weighted by Gasteiger charge is -2.09. The van der Waals surface area contributed by atoms with Crippen LogP contribution in [0.3, 0.4) is 0 Å². The Morgan fingerprint density at radius 1 is 0.963 bits per heavy atom. The number of anilines is 1. The average molecular weight is 370 g/mol. The van der Waals surface area contributed by atoms with E-state index in [-0.39, 0.29) is 16.9 Å². The molecule has 0 saturated heterocycles. The van der Waals surface area contributed by atoms with Gasteiger partial charge in [0.25, 0.3) is 11.6 Å². The summed E-state index contributed by atoms with van der Waals surface area (Å²) in [7, 11) is 0. The first-order valence-corrected chi connectivity index (χ1v) is 7.71. The van der Waals surface area contributed by atoms with Gasteiger partial charge in [0.2, 0.25) is 0 Å². The monoisotopic (exact) mass is 370 g/mol. The van der Waals surface area contributed by atoms with Gasteiger partial charge in [0.1, 0.15) is 23.1 Å². The molecule has 0 unspecified atom stereocenters. The van der Waals surface area contributed by atoms with Crippen molar-refractivity contribution < 1.29 is 23.2 Å². The zero-order valence-corrected chi connectivity index (χ0v) is 13.7. The summed E-state index contributed by atoms with van der Waals surface area (Å²) >= 11 is 0. The molecule has 3 aromatic carbocycles. The highest BCUT2D eigenvalue weighted by molar-refractivity contribution is 6.04. The Bertz CT molecular complexity index is 1010. The second-order valence-electron chi connectivity index (χ2n) is 5.46. The Kier molecular flexibility index (Phi) is 5.07. The molecule has 0 fully saturated rings. The summed E-state index contributed by atoms with van der Waals surface area (Å²) in [5, 5.41) is 13.0. The van der Waals surface area contributed by atoms with Crippen molar-refractivity contribution in [2.75, 3.05) is 5.32 Å². The van der Waals surface area contributed by atoms with Gasteiger partial charge in [-0.25, -0.2) is 8.78 Å². The van der Waals surface area contributed by atoms with Gasteiger partial charge < -0.3 is 10.1 Å². The van der Waals surface area contributed by atoms with E-state index in [1.807, 2.05) is 0 Å². The predicted molar refractivity (Wildman–Crippen MR) is 93.9 cm³/mol. The third kappa shape index (κ3) is 4.43. The van der Waals surface area contributed by atoms with Gasteiger partial charge in [-0.2, -0.15) is 0 Å². The van der Waals surface area contributed by atoms with Crippen LogP contribution in [0.1, 0.15) is 10.4 Å². The number of nitrogens with one attached hydrogen (secondary N) is 1. The summed E-state index contributed by atoms with van der Waals surface area (Å²) in [5.74, 6) is -1.57. The van der Waals surface area contributed by atoms with E-state index in [4.69, 9.17) is 4.74 Å². The van der Waals surface area contributed by atoms with Crippen molar-refractivity contribution >= 4 is 17.3 Å². The Labute approximate surface area is 152 Å². The smallest absolute Gasteiger partial charge is 0.269 e. The maximum Gasteiger partial charge on any atom is 0.269 e. The molecule has 27 heavy (non-hydrogen) atoms. The Hall–Kier alpha value is -3.81. The number of nitro groups is 1. The number of rotatable bonds is 5. The van der Waals surface area contributed by atoms with Crippen molar-refractivity contribution in [3.8, 4) is 11.5 Å². The summed E-state index contributed by atoms with van der Waals surface area (Å²) in [5.41, 5.74) is -0.0296. The van der Waals surface area contributed by atoms with Crippen LogP contribution in [0.25, 0.3) is 0 Å². The molecule has 6 nitrogen and oxygen atoms in total. The van der Waals surface area contributed by atoms with E-state index in [9.17, 15) is 23.7 Å². The maximum absolute atomic E-state index is 13.7. The van der Waals surface area contributed by atoms with E-state index in [1.54, 1.807) is 12.1 Å². The SMILES string of the molecule is O=C(Nc1ccc(F)cc1F)c1cccc(Oc2ccc([N+](=O)[O-])cc2)c1. The minimum absolute atomic E-state index is 0.0724. The normalized spacial score (nSPS) is 10.3. The quantitative estimate of drug-likeness (QED) is 0.511. The number of amides is 1. The van der Waals surface area contributed by atoms with Crippen molar-refractivity contribution in [3.63, 3.8) is 0 Å². The van der Waals surface area contributed by atoms with E-state index in [2.05, 4.69) is 5.32 Å². The topological polar surface area (TPSA) is 81.5 Å². The van der Waals surface area contributed by atoms with Crippen molar-refractivity contribution in [2.45, 2.75) is 0 Å². The predicted octanol–water partition coefficient (Wildman–Crippen LogP) is 4.92. The lowest BCUT2D eigenvalue weighted by Crippen LogP contribution is -2.13. The molecule has 3 aromatic rings. The standard InChI is InChI=1S/C19H12F2N2O4/c20-13-4-9-18(17(21)11-13)22-19(24)12-2-1-3-16(10-12)27-15-7-5-14(6-8-15)23(25)26/h1-11H,(H,22,24). The molecule has 0 saturated carbocycles. The molecule has 0 aliphatic carbocycles. The molecule has 3 rings (SSSR count). The van der Waals surface area contributed by atoms with E-state index in [1.165, 1.54) is 36.4 Å². The van der Waals surface area contributed by atoms with Crippen molar-refractivity contribution in [3.05, 3.63) is 94.0 Å². The van der Waals surface area contributed by atoms with Crippen LogP contribution in [0.15, 0.2) is 66.7 Å². The number of carbonyl (C=O) groups excluding carboxylic acids is 1. The van der Waals surface area contributed by atoms with Gasteiger partial charge in [-0.05, 0) is 42.5 Å². The number of hydrogen-bond donors (Lipinski definition) is 1. The highest BCUT2D eigenvalue weighted by atomic mass is 19.1. The molecule has 0 spiro atoms. The van der Waals surface area contributed by atoms with Gasteiger partial charge in [0.05, 0.1) is 10.6 Å². The number of carbonyl (C=O) groups is 1. The largest absolute Gasteiger partial charge is 0.457 e. The van der Waals surface area contributed by atoms with E-state index < -0.39 is 22.5 Å². The van der Waals surface area contributed by atoms with Crippen LogP contribution in [-0.4, -0.2) is 10.8 Å².